The summed E-state index contributed by atoms with van der Waals surface area (Å²) in [5, 5.41) is 0. The first-order chi connectivity index (χ1) is 11.8. The lowest BCUT2D eigenvalue weighted by atomic mass is 9.86. The predicted molar refractivity (Wildman–Crippen MR) is 80.0 cm³/mol. The average Bonchev–Trinajstić information content (AvgIpc) is 3.11. The van der Waals surface area contributed by atoms with E-state index in [9.17, 15) is 19.2 Å². The molecule has 9 heteroatoms. The molecule has 2 aliphatic heterocycles. The Bertz CT molecular complexity index is 630. The van der Waals surface area contributed by atoms with E-state index >= 15 is 0 Å². The minimum Gasteiger partial charge on any atom is -0.466 e. The van der Waals surface area contributed by atoms with Gasteiger partial charge in [-0.1, -0.05) is 0 Å². The SMILES string of the molecule is COC(=O)C1=C(C(=O)OC)[C@H]2O[C@@H]1C(COC(C)=O)=C2COC(C)=O. The standard InChI is InChI=1S/C16H18O9/c1-7(17)23-5-9-10(6-24-8(2)18)14-12(16(20)22-4)11(13(9)25-14)15(19)21-3/h13-14H,5-6H2,1-4H3/t13-,14+. The monoisotopic (exact) mass is 354 g/mol. The van der Waals surface area contributed by atoms with Crippen molar-refractivity contribution in [3.63, 3.8) is 0 Å². The van der Waals surface area contributed by atoms with Crippen LogP contribution in [0.1, 0.15) is 13.8 Å². The Balaban J connectivity index is 2.43. The summed E-state index contributed by atoms with van der Waals surface area (Å²) in [6.07, 6.45) is -1.87. The summed E-state index contributed by atoms with van der Waals surface area (Å²) in [7, 11) is 2.34. The fourth-order valence-electron chi connectivity index (χ4n) is 2.75. The van der Waals surface area contributed by atoms with Crippen LogP contribution in [0.3, 0.4) is 0 Å². The minimum atomic E-state index is -0.934. The number of hydrogen-bond donors (Lipinski definition) is 0. The molecule has 0 aromatic carbocycles. The van der Waals surface area contributed by atoms with Crippen LogP contribution in [0.5, 0.6) is 0 Å². The molecule has 0 fully saturated rings. The summed E-state index contributed by atoms with van der Waals surface area (Å²) in [6, 6.07) is 0. The topological polar surface area (TPSA) is 114 Å². The molecule has 0 radical (unpaired) electrons. The fourth-order valence-corrected chi connectivity index (χ4v) is 2.75. The average molecular weight is 354 g/mol. The van der Waals surface area contributed by atoms with Crippen LogP contribution in [-0.2, 0) is 42.9 Å². The van der Waals surface area contributed by atoms with E-state index in [1.54, 1.807) is 0 Å². The van der Waals surface area contributed by atoms with Crippen molar-refractivity contribution in [2.75, 3.05) is 27.4 Å². The van der Waals surface area contributed by atoms with Gasteiger partial charge in [0.25, 0.3) is 0 Å². The number of rotatable bonds is 6. The lowest BCUT2D eigenvalue weighted by Gasteiger charge is -2.20. The molecule has 0 unspecified atom stereocenters. The van der Waals surface area contributed by atoms with Gasteiger partial charge in [-0.25, -0.2) is 9.59 Å². The normalized spacial score (nSPS) is 21.3. The molecule has 136 valence electrons. The molecular weight excluding hydrogens is 336 g/mol. The van der Waals surface area contributed by atoms with Crippen molar-refractivity contribution in [3.8, 4) is 0 Å². The molecule has 0 N–H and O–H groups in total. The Labute approximate surface area is 143 Å². The Kier molecular flexibility index (Phi) is 5.58. The maximum Gasteiger partial charge on any atom is 0.337 e. The highest BCUT2D eigenvalue weighted by Gasteiger charge is 2.52. The zero-order chi connectivity index (χ0) is 18.7. The highest BCUT2D eigenvalue weighted by Crippen LogP contribution is 2.44. The van der Waals surface area contributed by atoms with E-state index in [0.29, 0.717) is 11.1 Å². The van der Waals surface area contributed by atoms with Gasteiger partial charge >= 0.3 is 23.9 Å². The highest BCUT2D eigenvalue weighted by molar-refractivity contribution is 6.04. The van der Waals surface area contributed by atoms with Gasteiger partial charge in [0.05, 0.1) is 25.4 Å². The number of carbonyl (C=O) groups is 4. The van der Waals surface area contributed by atoms with Crippen molar-refractivity contribution in [2.24, 2.45) is 0 Å². The molecule has 0 aromatic heterocycles. The van der Waals surface area contributed by atoms with Gasteiger partial charge in [-0.05, 0) is 0 Å². The first-order valence-electron chi connectivity index (χ1n) is 7.36. The highest BCUT2D eigenvalue weighted by atomic mass is 16.6. The third-order valence-electron chi connectivity index (χ3n) is 3.80. The van der Waals surface area contributed by atoms with Crippen molar-refractivity contribution in [3.05, 3.63) is 22.3 Å². The molecule has 25 heavy (non-hydrogen) atoms. The number of esters is 4. The van der Waals surface area contributed by atoms with E-state index < -0.39 is 36.1 Å². The quantitative estimate of drug-likeness (QED) is 0.364. The Hall–Kier alpha value is -2.68. The van der Waals surface area contributed by atoms with Crippen LogP contribution in [0, 0.1) is 0 Å². The molecule has 2 aliphatic rings. The number of carbonyl (C=O) groups excluding carboxylic acids is 4. The van der Waals surface area contributed by atoms with Crippen molar-refractivity contribution >= 4 is 23.9 Å². The minimum absolute atomic E-state index is 0.00641. The predicted octanol–water partition coefficient (Wildman–Crippen LogP) is -0.167. The van der Waals surface area contributed by atoms with Gasteiger partial charge in [0.2, 0.25) is 0 Å². The molecule has 0 aliphatic carbocycles. The summed E-state index contributed by atoms with van der Waals surface area (Å²) in [4.78, 5) is 46.5. The van der Waals surface area contributed by atoms with Gasteiger partial charge in [0.15, 0.2) is 0 Å². The van der Waals surface area contributed by atoms with Crippen LogP contribution in [0.2, 0.25) is 0 Å². The molecule has 2 rings (SSSR count). The van der Waals surface area contributed by atoms with Gasteiger partial charge < -0.3 is 23.7 Å². The van der Waals surface area contributed by atoms with Crippen LogP contribution in [0.15, 0.2) is 22.3 Å². The van der Waals surface area contributed by atoms with E-state index in [1.165, 1.54) is 28.1 Å². The fraction of sp³-hybridized carbons (Fsp3) is 0.500. The number of ether oxygens (including phenoxy) is 5. The third kappa shape index (κ3) is 3.55. The van der Waals surface area contributed by atoms with E-state index in [0.717, 1.165) is 0 Å². The summed E-state index contributed by atoms with van der Waals surface area (Å²) in [6.45, 7) is 2.14. The van der Waals surface area contributed by atoms with Gasteiger partial charge in [-0.2, -0.15) is 0 Å². The lowest BCUT2D eigenvalue weighted by molar-refractivity contribution is -0.141. The number of hydrogen-bond acceptors (Lipinski definition) is 9. The number of methoxy groups -OCH3 is 2. The first-order valence-corrected chi connectivity index (χ1v) is 7.36. The van der Waals surface area contributed by atoms with Crippen molar-refractivity contribution in [2.45, 2.75) is 26.1 Å². The molecule has 2 bridgehead atoms. The zero-order valence-corrected chi connectivity index (χ0v) is 14.2. The second kappa shape index (κ2) is 7.47. The molecule has 0 aromatic rings. The van der Waals surface area contributed by atoms with Crippen LogP contribution < -0.4 is 0 Å². The molecular formula is C16H18O9. The lowest BCUT2D eigenvalue weighted by Crippen LogP contribution is -2.29. The largest absolute Gasteiger partial charge is 0.466 e. The molecule has 0 saturated heterocycles. The van der Waals surface area contributed by atoms with Crippen LogP contribution in [-0.4, -0.2) is 63.5 Å². The molecule has 0 saturated carbocycles. The van der Waals surface area contributed by atoms with E-state index in [4.69, 9.17) is 23.7 Å². The molecule has 0 amide bonds. The Morgan fingerprint density at radius 3 is 1.44 bits per heavy atom. The number of fused-ring (bicyclic) bond motifs is 2. The zero-order valence-electron chi connectivity index (χ0n) is 14.2. The second-order valence-electron chi connectivity index (χ2n) is 5.32. The van der Waals surface area contributed by atoms with Gasteiger partial charge in [0, 0.05) is 25.0 Å². The van der Waals surface area contributed by atoms with Crippen molar-refractivity contribution in [1.29, 1.82) is 0 Å². The summed E-state index contributed by atoms with van der Waals surface area (Å²) in [5.74, 6) is -2.56. The summed E-state index contributed by atoms with van der Waals surface area (Å²) < 4.78 is 25.1. The molecule has 0 spiro atoms. The van der Waals surface area contributed by atoms with Crippen LogP contribution >= 0.6 is 0 Å². The molecule has 9 nitrogen and oxygen atoms in total. The van der Waals surface area contributed by atoms with Gasteiger partial charge in [-0.15, -0.1) is 0 Å². The summed E-state index contributed by atoms with van der Waals surface area (Å²) >= 11 is 0. The van der Waals surface area contributed by atoms with E-state index in [1.807, 2.05) is 0 Å². The van der Waals surface area contributed by atoms with Crippen LogP contribution in [0.25, 0.3) is 0 Å². The van der Waals surface area contributed by atoms with Gasteiger partial charge in [-0.3, -0.25) is 9.59 Å². The molecule has 2 atom stereocenters. The van der Waals surface area contributed by atoms with Crippen molar-refractivity contribution in [1.82, 2.24) is 0 Å². The molecule has 2 heterocycles. The third-order valence-corrected chi connectivity index (χ3v) is 3.80. The van der Waals surface area contributed by atoms with E-state index in [-0.39, 0.29) is 24.4 Å². The van der Waals surface area contributed by atoms with Crippen molar-refractivity contribution < 1.29 is 42.9 Å². The van der Waals surface area contributed by atoms with Crippen LogP contribution in [0.4, 0.5) is 0 Å². The maximum atomic E-state index is 12.1. The van der Waals surface area contributed by atoms with E-state index in [2.05, 4.69) is 0 Å². The van der Waals surface area contributed by atoms with Gasteiger partial charge in [0.1, 0.15) is 25.4 Å². The summed E-state index contributed by atoms with van der Waals surface area (Å²) in [5.41, 5.74) is 0.866. The Morgan fingerprint density at radius 2 is 1.16 bits per heavy atom. The second-order valence-corrected chi connectivity index (χ2v) is 5.32. The first kappa shape index (κ1) is 18.7. The Morgan fingerprint density at radius 1 is 0.800 bits per heavy atom. The smallest absolute Gasteiger partial charge is 0.337 e. The maximum absolute atomic E-state index is 12.1.